The molecule has 4 atom stereocenters. The number of amides is 4. The Hall–Kier alpha value is -3.34. The Kier molecular flexibility index (Phi) is 7.03. The summed E-state index contributed by atoms with van der Waals surface area (Å²) < 4.78 is 11.0. The maximum Gasteiger partial charge on any atom is 0.324 e. The summed E-state index contributed by atoms with van der Waals surface area (Å²) in [4.78, 5) is 52.4. The molecular weight excluding hydrogens is 456 g/mol. The Balaban J connectivity index is 2.16. The zero-order valence-corrected chi connectivity index (χ0v) is 20.9. The van der Waals surface area contributed by atoms with Crippen LogP contribution in [0.15, 0.2) is 12.1 Å². The molecule has 4 amide bonds. The lowest BCUT2D eigenvalue weighted by molar-refractivity contribution is -0.154. The number of hydrogen-bond donors (Lipinski definition) is 4. The maximum absolute atomic E-state index is 13.7. The van der Waals surface area contributed by atoms with Crippen LogP contribution in [0.4, 0.5) is 4.79 Å². The molecule has 192 valence electrons. The molecule has 1 aromatic carbocycles. The van der Waals surface area contributed by atoms with Crippen molar-refractivity contribution in [3.63, 3.8) is 0 Å². The molecule has 0 bridgehead atoms. The summed E-state index contributed by atoms with van der Waals surface area (Å²) in [5.74, 6) is -3.27. The van der Waals surface area contributed by atoms with E-state index in [1.165, 1.54) is 19.1 Å². The van der Waals surface area contributed by atoms with Crippen molar-refractivity contribution in [2.45, 2.75) is 57.7 Å². The molecular formula is C24H34N4O7. The van der Waals surface area contributed by atoms with E-state index in [-0.39, 0.29) is 19.4 Å². The van der Waals surface area contributed by atoms with Gasteiger partial charge in [-0.3, -0.25) is 24.6 Å². The Morgan fingerprint density at radius 3 is 2.37 bits per heavy atom. The topological polar surface area (TPSA) is 160 Å². The van der Waals surface area contributed by atoms with Gasteiger partial charge in [-0.2, -0.15) is 0 Å². The van der Waals surface area contributed by atoms with E-state index in [1.54, 1.807) is 39.8 Å². The average molecular weight is 491 g/mol. The molecule has 1 aromatic rings. The van der Waals surface area contributed by atoms with E-state index in [0.717, 1.165) is 0 Å². The van der Waals surface area contributed by atoms with Crippen LogP contribution in [-0.2, 0) is 14.4 Å². The van der Waals surface area contributed by atoms with E-state index in [2.05, 4.69) is 10.6 Å². The number of fused-ring (bicyclic) bond motifs is 1. The summed E-state index contributed by atoms with van der Waals surface area (Å²) in [7, 11) is 3.02. The number of nitrogens with two attached hydrogens (primary N) is 1. The summed E-state index contributed by atoms with van der Waals surface area (Å²) in [5, 5.41) is 16.0. The van der Waals surface area contributed by atoms with Crippen molar-refractivity contribution in [3.8, 4) is 11.5 Å². The van der Waals surface area contributed by atoms with Gasteiger partial charge < -0.3 is 25.6 Å². The van der Waals surface area contributed by atoms with Gasteiger partial charge in [-0.1, -0.05) is 6.07 Å². The van der Waals surface area contributed by atoms with Crippen LogP contribution in [0, 0.1) is 18.8 Å². The number of nitrogens with one attached hydrogen (secondary N) is 2. The number of imide groups is 1. The van der Waals surface area contributed by atoms with Crippen molar-refractivity contribution < 1.29 is 33.8 Å². The predicted octanol–water partition coefficient (Wildman–Crippen LogP) is 1.33. The number of hydrogen-bond acceptors (Lipinski definition) is 7. The Morgan fingerprint density at radius 2 is 1.86 bits per heavy atom. The van der Waals surface area contributed by atoms with Gasteiger partial charge in [-0.25, -0.2) is 4.79 Å². The number of benzene rings is 1. The van der Waals surface area contributed by atoms with Crippen LogP contribution in [0.25, 0.3) is 0 Å². The Bertz CT molecular complexity index is 1050. The second-order valence-electron chi connectivity index (χ2n) is 9.99. The van der Waals surface area contributed by atoms with Crippen molar-refractivity contribution in [1.29, 1.82) is 0 Å². The molecule has 11 nitrogen and oxygen atoms in total. The van der Waals surface area contributed by atoms with E-state index in [4.69, 9.17) is 15.2 Å². The number of carboxylic acids is 1. The Morgan fingerprint density at radius 1 is 1.20 bits per heavy atom. The third-order valence-corrected chi connectivity index (χ3v) is 6.90. The van der Waals surface area contributed by atoms with Crippen molar-refractivity contribution in [2.75, 3.05) is 20.8 Å². The van der Waals surface area contributed by atoms with Crippen LogP contribution in [0.5, 0.6) is 11.5 Å². The van der Waals surface area contributed by atoms with Crippen LogP contribution < -0.4 is 25.8 Å². The molecule has 0 saturated carbocycles. The first-order valence-corrected chi connectivity index (χ1v) is 11.5. The smallest absolute Gasteiger partial charge is 0.324 e. The molecule has 5 N–H and O–H groups in total. The second kappa shape index (κ2) is 9.37. The van der Waals surface area contributed by atoms with Crippen molar-refractivity contribution in [1.82, 2.24) is 15.5 Å². The molecule has 3 rings (SSSR count). The van der Waals surface area contributed by atoms with Gasteiger partial charge in [0.25, 0.3) is 0 Å². The van der Waals surface area contributed by atoms with Crippen LogP contribution in [0.2, 0.25) is 0 Å². The highest BCUT2D eigenvalue weighted by Crippen LogP contribution is 2.53. The van der Waals surface area contributed by atoms with Gasteiger partial charge in [0.15, 0.2) is 0 Å². The molecule has 0 aromatic heterocycles. The Labute approximate surface area is 204 Å². The fourth-order valence-corrected chi connectivity index (χ4v) is 5.47. The summed E-state index contributed by atoms with van der Waals surface area (Å²) in [6.45, 7) is 7.15. The molecule has 2 aliphatic rings. The third-order valence-electron chi connectivity index (χ3n) is 6.90. The summed E-state index contributed by atoms with van der Waals surface area (Å²) in [5.41, 5.74) is 3.81. The lowest BCUT2D eigenvalue weighted by atomic mass is 9.76. The van der Waals surface area contributed by atoms with Crippen molar-refractivity contribution in [3.05, 3.63) is 23.3 Å². The molecule has 0 aliphatic carbocycles. The van der Waals surface area contributed by atoms with Crippen LogP contribution >= 0.6 is 0 Å². The molecule has 0 radical (unpaired) electrons. The van der Waals surface area contributed by atoms with Gasteiger partial charge in [-0.05, 0) is 46.6 Å². The lowest BCUT2D eigenvalue weighted by Gasteiger charge is -2.35. The SMILES string of the molecule is COc1ccc(C2NC(CCCNC(N)=O)(C(=O)O)C3C(=O)N(C(C)(C)C)C(=O)C23)c(OC)c1C. The number of nitrogens with zero attached hydrogens (tertiary/aromatic N) is 1. The zero-order valence-electron chi connectivity index (χ0n) is 20.9. The van der Waals surface area contributed by atoms with E-state index >= 15 is 0 Å². The van der Waals surface area contributed by atoms with E-state index < -0.39 is 52.8 Å². The monoisotopic (exact) mass is 490 g/mol. The number of primary amides is 1. The molecule has 2 fully saturated rings. The number of carbonyl (C=O) groups is 4. The van der Waals surface area contributed by atoms with E-state index in [1.807, 2.05) is 0 Å². The molecule has 2 heterocycles. The number of carbonyl (C=O) groups excluding carboxylic acids is 3. The highest BCUT2D eigenvalue weighted by molar-refractivity contribution is 6.10. The molecule has 2 saturated heterocycles. The quantitative estimate of drug-likeness (QED) is 0.314. The zero-order chi connectivity index (χ0) is 26.3. The minimum absolute atomic E-state index is 0.00522. The third kappa shape index (κ3) is 4.29. The van der Waals surface area contributed by atoms with Crippen molar-refractivity contribution in [2.24, 2.45) is 17.6 Å². The van der Waals surface area contributed by atoms with Gasteiger partial charge in [0.2, 0.25) is 11.8 Å². The number of rotatable bonds is 8. The van der Waals surface area contributed by atoms with E-state index in [9.17, 15) is 24.3 Å². The first kappa shape index (κ1) is 26.3. The summed E-state index contributed by atoms with van der Waals surface area (Å²) in [6.07, 6.45) is 0.225. The molecule has 2 aliphatic heterocycles. The fraction of sp³-hybridized carbons (Fsp3) is 0.583. The number of aliphatic carboxylic acids is 1. The molecule has 35 heavy (non-hydrogen) atoms. The number of ether oxygens (including phenoxy) is 2. The maximum atomic E-state index is 13.7. The number of methoxy groups -OCH3 is 2. The first-order valence-electron chi connectivity index (χ1n) is 11.5. The minimum atomic E-state index is -1.74. The van der Waals surface area contributed by atoms with Crippen LogP contribution in [-0.4, -0.2) is 65.7 Å². The predicted molar refractivity (Wildman–Crippen MR) is 126 cm³/mol. The van der Waals surface area contributed by atoms with Gasteiger partial charge in [0.05, 0.1) is 26.1 Å². The summed E-state index contributed by atoms with van der Waals surface area (Å²) in [6, 6.07) is 1.92. The lowest BCUT2D eigenvalue weighted by Crippen LogP contribution is -2.57. The number of carboxylic acid groups (broad SMARTS) is 1. The first-order chi connectivity index (χ1) is 16.3. The summed E-state index contributed by atoms with van der Waals surface area (Å²) >= 11 is 0. The average Bonchev–Trinajstić information content (AvgIpc) is 3.25. The number of likely N-dealkylation sites (tertiary alicyclic amines) is 1. The number of urea groups is 1. The van der Waals surface area contributed by atoms with Gasteiger partial charge >= 0.3 is 12.0 Å². The standard InChI is InChI=1S/C24H34N4O7/c1-12-14(34-5)9-8-13(18(12)35-6)17-15-16(20(30)28(19(15)29)23(2,3)4)24(27-17,21(31)32)10-7-11-26-22(25)33/h8-9,15-17,27H,7,10-11H2,1-6H3,(H,31,32)(H3,25,26,33). The molecule has 0 spiro atoms. The minimum Gasteiger partial charge on any atom is -0.496 e. The van der Waals surface area contributed by atoms with E-state index in [0.29, 0.717) is 22.6 Å². The largest absolute Gasteiger partial charge is 0.496 e. The molecule has 4 unspecified atom stereocenters. The van der Waals surface area contributed by atoms with Crippen LogP contribution in [0.3, 0.4) is 0 Å². The van der Waals surface area contributed by atoms with Crippen LogP contribution in [0.1, 0.15) is 50.8 Å². The van der Waals surface area contributed by atoms with Gasteiger partial charge in [0, 0.05) is 29.3 Å². The van der Waals surface area contributed by atoms with Gasteiger partial charge in [0.1, 0.15) is 17.0 Å². The highest BCUT2D eigenvalue weighted by atomic mass is 16.5. The fourth-order valence-electron chi connectivity index (χ4n) is 5.47. The highest BCUT2D eigenvalue weighted by Gasteiger charge is 2.69. The van der Waals surface area contributed by atoms with Crippen molar-refractivity contribution >= 4 is 23.8 Å². The molecule has 11 heteroatoms. The van der Waals surface area contributed by atoms with Gasteiger partial charge in [-0.15, -0.1) is 0 Å². The normalized spacial score (nSPS) is 26.0. The second-order valence-corrected chi connectivity index (χ2v) is 9.99.